The number of aromatic amines is 1. The first kappa shape index (κ1) is 14.0. The van der Waals surface area contributed by atoms with Gasteiger partial charge in [0.1, 0.15) is 5.82 Å². The molecule has 0 spiro atoms. The molecule has 1 heterocycles. The van der Waals surface area contributed by atoms with Gasteiger partial charge in [0.2, 0.25) is 4.77 Å². The fraction of sp³-hybridized carbons (Fsp3) is 0.182. The van der Waals surface area contributed by atoms with Crippen LogP contribution in [0.3, 0.4) is 0 Å². The van der Waals surface area contributed by atoms with Gasteiger partial charge in [0.25, 0.3) is 0 Å². The number of ether oxygens (including phenoxy) is 1. The second-order valence-electron chi connectivity index (χ2n) is 3.69. The van der Waals surface area contributed by atoms with E-state index in [-0.39, 0.29) is 5.75 Å². The van der Waals surface area contributed by atoms with Gasteiger partial charge in [0.15, 0.2) is 11.5 Å². The normalized spacial score (nSPS) is 11.1. The van der Waals surface area contributed by atoms with Gasteiger partial charge in [-0.1, -0.05) is 0 Å². The molecule has 0 fully saturated rings. The number of benzene rings is 1. The van der Waals surface area contributed by atoms with Crippen LogP contribution in [0.15, 0.2) is 17.2 Å². The molecule has 0 unspecified atom stereocenters. The van der Waals surface area contributed by atoms with E-state index in [4.69, 9.17) is 17.0 Å². The zero-order chi connectivity index (χ0) is 14.0. The van der Waals surface area contributed by atoms with Crippen LogP contribution in [0, 0.1) is 15.3 Å². The van der Waals surface area contributed by atoms with E-state index < -0.39 is 0 Å². The van der Waals surface area contributed by atoms with Crippen molar-refractivity contribution in [3.63, 3.8) is 0 Å². The number of hydrogen-bond donors (Lipinski definition) is 2. The number of phenols is 1. The van der Waals surface area contributed by atoms with Crippen LogP contribution in [0.1, 0.15) is 11.4 Å². The van der Waals surface area contributed by atoms with Crippen molar-refractivity contribution in [2.75, 3.05) is 7.11 Å². The molecule has 0 atom stereocenters. The SMILES string of the molecule is COc1cc(/C=N/n2c(C)n[nH]c2=S)cc(I)c1O. The number of aromatic nitrogens is 3. The summed E-state index contributed by atoms with van der Waals surface area (Å²) in [6.07, 6.45) is 1.63. The molecular weight excluding hydrogens is 379 g/mol. The monoisotopic (exact) mass is 390 g/mol. The van der Waals surface area contributed by atoms with Crippen molar-refractivity contribution in [3.8, 4) is 11.5 Å². The maximum atomic E-state index is 9.75. The van der Waals surface area contributed by atoms with Crippen LogP contribution in [0.25, 0.3) is 0 Å². The minimum Gasteiger partial charge on any atom is -0.504 e. The average Bonchev–Trinajstić information content (AvgIpc) is 2.70. The smallest absolute Gasteiger partial charge is 0.216 e. The Morgan fingerprint density at radius 1 is 1.58 bits per heavy atom. The summed E-state index contributed by atoms with van der Waals surface area (Å²) in [7, 11) is 1.50. The highest BCUT2D eigenvalue weighted by Crippen LogP contribution is 2.31. The van der Waals surface area contributed by atoms with Crippen LogP contribution in [0.4, 0.5) is 0 Å². The number of hydrogen-bond acceptors (Lipinski definition) is 5. The van der Waals surface area contributed by atoms with E-state index in [1.807, 2.05) is 22.6 Å². The Morgan fingerprint density at radius 3 is 2.89 bits per heavy atom. The topological polar surface area (TPSA) is 75.4 Å². The molecule has 0 aliphatic carbocycles. The summed E-state index contributed by atoms with van der Waals surface area (Å²) in [4.78, 5) is 0. The molecule has 19 heavy (non-hydrogen) atoms. The molecule has 0 saturated carbocycles. The van der Waals surface area contributed by atoms with Gasteiger partial charge in [-0.3, -0.25) is 5.10 Å². The van der Waals surface area contributed by atoms with Crippen molar-refractivity contribution in [1.29, 1.82) is 0 Å². The van der Waals surface area contributed by atoms with Crippen molar-refractivity contribution in [2.45, 2.75) is 6.92 Å². The highest BCUT2D eigenvalue weighted by atomic mass is 127. The van der Waals surface area contributed by atoms with Crippen molar-refractivity contribution in [2.24, 2.45) is 5.10 Å². The number of rotatable bonds is 3. The van der Waals surface area contributed by atoms with Crippen LogP contribution in [-0.4, -0.2) is 33.3 Å². The lowest BCUT2D eigenvalue weighted by atomic mass is 10.2. The first-order valence-corrected chi connectivity index (χ1v) is 6.76. The number of methoxy groups -OCH3 is 1. The summed E-state index contributed by atoms with van der Waals surface area (Å²) < 4.78 is 7.72. The van der Waals surface area contributed by atoms with Crippen LogP contribution in [0.5, 0.6) is 11.5 Å². The fourth-order valence-electron chi connectivity index (χ4n) is 1.45. The molecule has 0 radical (unpaired) electrons. The summed E-state index contributed by atoms with van der Waals surface area (Å²) >= 11 is 7.08. The number of aryl methyl sites for hydroxylation is 1. The number of phenolic OH excluding ortho intramolecular Hbond substituents is 1. The summed E-state index contributed by atoms with van der Waals surface area (Å²) in [6.45, 7) is 1.80. The highest BCUT2D eigenvalue weighted by Gasteiger charge is 2.07. The molecule has 0 amide bonds. The number of nitrogens with zero attached hydrogens (tertiary/aromatic N) is 3. The Hall–Kier alpha value is -1.42. The van der Waals surface area contributed by atoms with Gasteiger partial charge in [-0.05, 0) is 59.4 Å². The molecule has 2 aromatic rings. The van der Waals surface area contributed by atoms with Gasteiger partial charge < -0.3 is 9.84 Å². The van der Waals surface area contributed by atoms with Gasteiger partial charge >= 0.3 is 0 Å². The zero-order valence-corrected chi connectivity index (χ0v) is 13.2. The molecular formula is C11H11IN4O2S. The molecule has 100 valence electrons. The molecule has 1 aromatic heterocycles. The average molecular weight is 390 g/mol. The minimum atomic E-state index is 0.122. The van der Waals surface area contributed by atoms with E-state index in [0.717, 1.165) is 5.56 Å². The quantitative estimate of drug-likeness (QED) is 0.480. The van der Waals surface area contributed by atoms with Crippen LogP contribution in [-0.2, 0) is 0 Å². The third kappa shape index (κ3) is 2.95. The van der Waals surface area contributed by atoms with Crippen molar-refractivity contribution < 1.29 is 9.84 Å². The number of nitrogens with one attached hydrogen (secondary N) is 1. The second-order valence-corrected chi connectivity index (χ2v) is 5.23. The third-order valence-electron chi connectivity index (χ3n) is 2.41. The van der Waals surface area contributed by atoms with E-state index >= 15 is 0 Å². The summed E-state index contributed by atoms with van der Waals surface area (Å²) in [5, 5.41) is 20.6. The Morgan fingerprint density at radius 2 is 2.32 bits per heavy atom. The molecule has 0 bridgehead atoms. The van der Waals surface area contributed by atoms with E-state index in [1.165, 1.54) is 11.8 Å². The summed E-state index contributed by atoms with van der Waals surface area (Å²) in [6, 6.07) is 3.49. The maximum absolute atomic E-state index is 9.75. The van der Waals surface area contributed by atoms with E-state index in [9.17, 15) is 5.11 Å². The van der Waals surface area contributed by atoms with Gasteiger partial charge in [-0.15, -0.1) is 0 Å². The highest BCUT2D eigenvalue weighted by molar-refractivity contribution is 14.1. The van der Waals surface area contributed by atoms with Crippen LogP contribution in [0.2, 0.25) is 0 Å². The molecule has 0 aliphatic heterocycles. The van der Waals surface area contributed by atoms with E-state index in [2.05, 4.69) is 15.3 Å². The largest absolute Gasteiger partial charge is 0.504 e. The third-order valence-corrected chi connectivity index (χ3v) is 3.49. The lowest BCUT2D eigenvalue weighted by Gasteiger charge is -2.06. The lowest BCUT2D eigenvalue weighted by Crippen LogP contribution is -1.95. The first-order valence-electron chi connectivity index (χ1n) is 5.28. The Kier molecular flexibility index (Phi) is 4.20. The van der Waals surface area contributed by atoms with Gasteiger partial charge in [-0.25, -0.2) is 0 Å². The fourth-order valence-corrected chi connectivity index (χ4v) is 2.30. The van der Waals surface area contributed by atoms with Crippen molar-refractivity contribution in [1.82, 2.24) is 14.9 Å². The maximum Gasteiger partial charge on any atom is 0.216 e. The summed E-state index contributed by atoms with van der Waals surface area (Å²) in [5.74, 6) is 1.19. The van der Waals surface area contributed by atoms with E-state index in [1.54, 1.807) is 25.3 Å². The zero-order valence-electron chi connectivity index (χ0n) is 10.2. The molecule has 2 N–H and O–H groups in total. The molecule has 8 heteroatoms. The van der Waals surface area contributed by atoms with Crippen molar-refractivity contribution in [3.05, 3.63) is 31.9 Å². The van der Waals surface area contributed by atoms with Crippen LogP contribution < -0.4 is 4.74 Å². The predicted molar refractivity (Wildman–Crippen MR) is 82.5 cm³/mol. The molecule has 2 rings (SSSR count). The first-order chi connectivity index (χ1) is 9.02. The van der Waals surface area contributed by atoms with Crippen molar-refractivity contribution >= 4 is 41.0 Å². The lowest BCUT2D eigenvalue weighted by molar-refractivity contribution is 0.371. The van der Waals surface area contributed by atoms with Gasteiger partial charge in [-0.2, -0.15) is 14.9 Å². The Bertz CT molecular complexity index is 692. The predicted octanol–water partition coefficient (Wildman–Crippen LogP) is 2.45. The Balaban J connectivity index is 2.39. The molecule has 0 saturated heterocycles. The number of halogens is 1. The van der Waals surface area contributed by atoms with Gasteiger partial charge in [0, 0.05) is 0 Å². The molecule has 0 aliphatic rings. The minimum absolute atomic E-state index is 0.122. The molecule has 6 nitrogen and oxygen atoms in total. The van der Waals surface area contributed by atoms with Gasteiger partial charge in [0.05, 0.1) is 16.9 Å². The summed E-state index contributed by atoms with van der Waals surface area (Å²) in [5.41, 5.74) is 0.793. The standard InChI is InChI=1S/C11H11IN4O2S/c1-6-14-15-11(19)16(6)13-5-7-3-8(12)10(17)9(4-7)18-2/h3-5,17H,1-2H3,(H,15,19)/b13-5+. The Labute approximate surface area is 128 Å². The van der Waals surface area contributed by atoms with Crippen LogP contribution >= 0.6 is 34.8 Å². The second kappa shape index (κ2) is 5.70. The number of H-pyrrole nitrogens is 1. The molecule has 1 aromatic carbocycles. The number of aromatic hydroxyl groups is 1. The van der Waals surface area contributed by atoms with E-state index in [0.29, 0.717) is 19.9 Å².